The summed E-state index contributed by atoms with van der Waals surface area (Å²) in [4.78, 5) is 4.89. The van der Waals surface area contributed by atoms with Crippen molar-refractivity contribution in [3.63, 3.8) is 0 Å². The second kappa shape index (κ2) is 9.44. The summed E-state index contributed by atoms with van der Waals surface area (Å²) in [5.74, 6) is 0. The van der Waals surface area contributed by atoms with E-state index < -0.39 is 0 Å². The topological polar surface area (TPSA) is 18.5 Å². The molecule has 0 aliphatic carbocycles. The second-order valence-corrected chi connectivity index (χ2v) is 3.84. The summed E-state index contributed by atoms with van der Waals surface area (Å²) < 4.78 is 0. The Morgan fingerprint density at radius 2 is 1.71 bits per heavy atom. The molecule has 0 radical (unpaired) electrons. The van der Waals surface area contributed by atoms with Crippen LogP contribution in [0.15, 0.2) is 0 Å². The normalized spacial score (nSPS) is 11.6. The molecule has 0 aromatic heterocycles. The van der Waals surface area contributed by atoms with Gasteiger partial charge in [0.1, 0.15) is 0 Å². The first-order valence-electron chi connectivity index (χ1n) is 5.80. The molecule has 86 valence electrons. The van der Waals surface area contributed by atoms with Crippen molar-refractivity contribution in [2.75, 3.05) is 53.4 Å². The zero-order valence-electron chi connectivity index (χ0n) is 10.3. The Morgan fingerprint density at radius 1 is 1.00 bits per heavy atom. The van der Waals surface area contributed by atoms with Gasteiger partial charge < -0.3 is 15.1 Å². The lowest BCUT2D eigenvalue weighted by atomic mass is 10.4. The van der Waals surface area contributed by atoms with E-state index in [0.29, 0.717) is 0 Å². The van der Waals surface area contributed by atoms with E-state index in [0.717, 1.165) is 13.1 Å². The van der Waals surface area contributed by atoms with Gasteiger partial charge in [0.25, 0.3) is 0 Å². The fourth-order valence-corrected chi connectivity index (χ4v) is 1.47. The van der Waals surface area contributed by atoms with Gasteiger partial charge in [-0.05, 0) is 33.6 Å². The van der Waals surface area contributed by atoms with Crippen molar-refractivity contribution < 1.29 is 0 Å². The smallest absolute Gasteiger partial charge is 0.0109 e. The van der Waals surface area contributed by atoms with Crippen LogP contribution in [0.1, 0.15) is 20.3 Å². The predicted molar refractivity (Wildman–Crippen MR) is 63.8 cm³/mol. The van der Waals surface area contributed by atoms with Crippen molar-refractivity contribution in [3.8, 4) is 0 Å². The van der Waals surface area contributed by atoms with E-state index in [4.69, 9.17) is 0 Å². The van der Waals surface area contributed by atoms with Crippen molar-refractivity contribution in [1.29, 1.82) is 0 Å². The van der Waals surface area contributed by atoms with Crippen LogP contribution in [-0.4, -0.2) is 63.2 Å². The Morgan fingerprint density at radius 3 is 2.21 bits per heavy atom. The van der Waals surface area contributed by atoms with E-state index in [9.17, 15) is 0 Å². The molecule has 0 fully saturated rings. The summed E-state index contributed by atoms with van der Waals surface area (Å²) in [6.45, 7) is 11.5. The molecule has 3 nitrogen and oxygen atoms in total. The van der Waals surface area contributed by atoms with Crippen LogP contribution in [0.2, 0.25) is 0 Å². The van der Waals surface area contributed by atoms with Crippen molar-refractivity contribution >= 4 is 0 Å². The lowest BCUT2D eigenvalue weighted by Crippen LogP contribution is -2.36. The Kier molecular flexibility index (Phi) is 9.35. The van der Waals surface area contributed by atoms with Gasteiger partial charge in [-0.1, -0.05) is 13.8 Å². The minimum Gasteiger partial charge on any atom is -0.318 e. The number of nitrogens with one attached hydrogen (secondary N) is 1. The number of hydrogen-bond acceptors (Lipinski definition) is 3. The van der Waals surface area contributed by atoms with Crippen molar-refractivity contribution in [2.24, 2.45) is 0 Å². The molecule has 0 bridgehead atoms. The van der Waals surface area contributed by atoms with E-state index in [-0.39, 0.29) is 0 Å². The van der Waals surface area contributed by atoms with Crippen LogP contribution < -0.4 is 5.32 Å². The van der Waals surface area contributed by atoms with Gasteiger partial charge in [0, 0.05) is 26.2 Å². The van der Waals surface area contributed by atoms with Crippen molar-refractivity contribution in [2.45, 2.75) is 20.3 Å². The third kappa shape index (κ3) is 7.30. The quantitative estimate of drug-likeness (QED) is 0.597. The highest BCUT2D eigenvalue weighted by molar-refractivity contribution is 4.59. The molecule has 0 aromatic carbocycles. The van der Waals surface area contributed by atoms with E-state index in [2.05, 4.69) is 36.0 Å². The van der Waals surface area contributed by atoms with Gasteiger partial charge in [-0.2, -0.15) is 0 Å². The van der Waals surface area contributed by atoms with Crippen LogP contribution >= 0.6 is 0 Å². The van der Waals surface area contributed by atoms with Crippen molar-refractivity contribution in [3.05, 3.63) is 0 Å². The summed E-state index contributed by atoms with van der Waals surface area (Å²) in [7, 11) is 4.19. The van der Waals surface area contributed by atoms with E-state index in [1.54, 1.807) is 0 Å². The highest BCUT2D eigenvalue weighted by Gasteiger charge is 2.02. The van der Waals surface area contributed by atoms with E-state index in [1.165, 1.54) is 32.6 Å². The Hall–Kier alpha value is -0.120. The minimum atomic E-state index is 1.08. The number of hydrogen-bond donors (Lipinski definition) is 1. The summed E-state index contributed by atoms with van der Waals surface area (Å²) in [5.41, 5.74) is 0. The summed E-state index contributed by atoms with van der Waals surface area (Å²) in [6.07, 6.45) is 1.26. The lowest BCUT2D eigenvalue weighted by Gasteiger charge is -2.23. The van der Waals surface area contributed by atoms with E-state index in [1.807, 2.05) is 7.05 Å². The van der Waals surface area contributed by atoms with Gasteiger partial charge in [-0.25, -0.2) is 0 Å². The molecule has 0 heterocycles. The molecule has 0 aromatic rings. The molecule has 0 atom stereocenters. The molecule has 0 rings (SSSR count). The minimum absolute atomic E-state index is 1.08. The number of nitrogens with zero attached hydrogens (tertiary/aromatic N) is 2. The first-order chi connectivity index (χ1) is 6.74. The number of rotatable bonds is 9. The average molecular weight is 201 g/mol. The third-order valence-corrected chi connectivity index (χ3v) is 2.53. The Labute approximate surface area is 89.5 Å². The maximum absolute atomic E-state index is 3.17. The zero-order valence-corrected chi connectivity index (χ0v) is 10.3. The highest BCUT2D eigenvalue weighted by Crippen LogP contribution is 1.91. The molecule has 0 aliphatic rings. The molecule has 0 aliphatic heterocycles. The summed E-state index contributed by atoms with van der Waals surface area (Å²) >= 11 is 0. The van der Waals surface area contributed by atoms with Gasteiger partial charge in [0.05, 0.1) is 0 Å². The number of likely N-dealkylation sites (N-methyl/N-ethyl adjacent to an activating group) is 3. The summed E-state index contributed by atoms with van der Waals surface area (Å²) in [6, 6.07) is 0. The first kappa shape index (κ1) is 13.9. The molecule has 0 spiro atoms. The molecule has 0 saturated carbocycles. The van der Waals surface area contributed by atoms with Crippen LogP contribution in [0.3, 0.4) is 0 Å². The van der Waals surface area contributed by atoms with Crippen molar-refractivity contribution in [1.82, 2.24) is 15.1 Å². The first-order valence-corrected chi connectivity index (χ1v) is 5.80. The zero-order chi connectivity index (χ0) is 10.8. The lowest BCUT2D eigenvalue weighted by molar-refractivity contribution is 0.234. The molecular weight excluding hydrogens is 174 g/mol. The molecule has 0 saturated heterocycles. The monoisotopic (exact) mass is 201 g/mol. The van der Waals surface area contributed by atoms with Crippen LogP contribution in [-0.2, 0) is 0 Å². The largest absolute Gasteiger partial charge is 0.318 e. The van der Waals surface area contributed by atoms with Crippen LogP contribution in [0.25, 0.3) is 0 Å². The van der Waals surface area contributed by atoms with Crippen LogP contribution in [0, 0.1) is 0 Å². The van der Waals surface area contributed by atoms with Gasteiger partial charge in [-0.3, -0.25) is 0 Å². The fourth-order valence-electron chi connectivity index (χ4n) is 1.47. The Bertz CT molecular complexity index is 117. The summed E-state index contributed by atoms with van der Waals surface area (Å²) in [5, 5.41) is 3.17. The Balaban J connectivity index is 3.46. The highest BCUT2D eigenvalue weighted by atomic mass is 15.2. The molecule has 3 heteroatoms. The van der Waals surface area contributed by atoms with Gasteiger partial charge in [0.2, 0.25) is 0 Å². The molecule has 0 unspecified atom stereocenters. The average Bonchev–Trinajstić information content (AvgIpc) is 2.21. The van der Waals surface area contributed by atoms with Gasteiger partial charge in [0.15, 0.2) is 0 Å². The maximum Gasteiger partial charge on any atom is 0.0109 e. The van der Waals surface area contributed by atoms with Crippen LogP contribution in [0.5, 0.6) is 0 Å². The third-order valence-electron chi connectivity index (χ3n) is 2.53. The maximum atomic E-state index is 3.17. The molecule has 14 heavy (non-hydrogen) atoms. The molecule has 0 amide bonds. The molecule has 1 N–H and O–H groups in total. The molecular formula is C11H27N3. The van der Waals surface area contributed by atoms with E-state index >= 15 is 0 Å². The predicted octanol–water partition coefficient (Wildman–Crippen LogP) is 0.870. The second-order valence-electron chi connectivity index (χ2n) is 3.84. The van der Waals surface area contributed by atoms with Crippen LogP contribution in [0.4, 0.5) is 0 Å². The fraction of sp³-hybridized carbons (Fsp3) is 1.00. The van der Waals surface area contributed by atoms with Gasteiger partial charge >= 0.3 is 0 Å². The SMILES string of the molecule is CCCN(CC)CCN(C)CCNC. The van der Waals surface area contributed by atoms with Gasteiger partial charge in [-0.15, -0.1) is 0 Å². The standard InChI is InChI=1S/C11H27N3/c1-5-8-14(6-2)11-10-13(4)9-7-12-3/h12H,5-11H2,1-4H3.